The number of nitrogens with two attached hydrogens (primary N) is 1. The molecule has 12 heavy (non-hydrogen) atoms. The van der Waals surface area contributed by atoms with Gasteiger partial charge in [0.1, 0.15) is 0 Å². The zero-order chi connectivity index (χ0) is 8.97. The summed E-state index contributed by atoms with van der Waals surface area (Å²) < 4.78 is 0. The molecule has 1 rings (SSSR count). The Labute approximate surface area is 76.5 Å². The molecule has 0 spiro atoms. The van der Waals surface area contributed by atoms with Crippen molar-refractivity contribution in [2.24, 2.45) is 5.84 Å². The fourth-order valence-electron chi connectivity index (χ4n) is 1.11. The Bertz CT molecular complexity index is 98.9. The first kappa shape index (κ1) is 10.1. The van der Waals surface area contributed by atoms with Gasteiger partial charge in [-0.1, -0.05) is 0 Å². The van der Waals surface area contributed by atoms with Crippen LogP contribution < -0.4 is 5.84 Å². The molecule has 2 N–H and O–H groups in total. The van der Waals surface area contributed by atoms with Gasteiger partial charge in [0, 0.05) is 26.2 Å². The molecule has 0 unspecified atom stereocenters. The van der Waals surface area contributed by atoms with Crippen LogP contribution in [0.15, 0.2) is 0 Å². The van der Waals surface area contributed by atoms with Gasteiger partial charge in [-0.2, -0.15) is 0 Å². The third-order valence-corrected chi connectivity index (χ3v) is 2.02. The van der Waals surface area contributed by atoms with Crippen LogP contribution in [0.1, 0.15) is 0 Å². The number of hydrazine groups is 1. The van der Waals surface area contributed by atoms with Crippen molar-refractivity contribution in [2.45, 2.75) is 0 Å². The van der Waals surface area contributed by atoms with Crippen molar-refractivity contribution in [1.82, 2.24) is 14.6 Å². The summed E-state index contributed by atoms with van der Waals surface area (Å²) in [6.07, 6.45) is 0. The first-order valence-corrected chi connectivity index (χ1v) is 4.17. The quantitative estimate of drug-likeness (QED) is 0.330. The molecule has 0 aromatic carbocycles. The average Bonchev–Trinajstić information content (AvgIpc) is 2.11. The van der Waals surface area contributed by atoms with E-state index in [9.17, 15) is 0 Å². The van der Waals surface area contributed by atoms with Crippen molar-refractivity contribution in [1.29, 1.82) is 0 Å². The average molecular weight is 164 g/mol. The highest BCUT2D eigenvalue weighted by molar-refractivity contribution is 6.05. The van der Waals surface area contributed by atoms with Gasteiger partial charge in [0.25, 0.3) is 0 Å². The largest absolute Gasteiger partial charge is 0.351 e. The molecular weight excluding hydrogens is 150 g/mol. The van der Waals surface area contributed by atoms with E-state index < -0.39 is 0 Å². The molecule has 0 aromatic rings. The van der Waals surface area contributed by atoms with Crippen LogP contribution in [0.5, 0.6) is 0 Å². The van der Waals surface area contributed by atoms with Gasteiger partial charge in [-0.25, -0.2) is 5.01 Å². The van der Waals surface area contributed by atoms with E-state index in [0.29, 0.717) is 0 Å². The van der Waals surface area contributed by atoms with E-state index in [0.717, 1.165) is 39.3 Å². The Kier molecular flexibility index (Phi) is 4.08. The van der Waals surface area contributed by atoms with E-state index in [-0.39, 0.29) is 0 Å². The first-order chi connectivity index (χ1) is 5.68. The Morgan fingerprint density at radius 3 is 1.50 bits per heavy atom. The van der Waals surface area contributed by atoms with Crippen molar-refractivity contribution < 1.29 is 0 Å². The summed E-state index contributed by atoms with van der Waals surface area (Å²) in [5, 5.41) is 1.74. The van der Waals surface area contributed by atoms with Crippen molar-refractivity contribution >= 4 is 16.0 Å². The van der Waals surface area contributed by atoms with Crippen LogP contribution in [-0.2, 0) is 0 Å². The predicted molar refractivity (Wildman–Crippen MR) is 50.4 cm³/mol. The molecule has 4 radical (unpaired) electrons. The summed E-state index contributed by atoms with van der Waals surface area (Å²) in [6, 6.07) is 0. The second kappa shape index (κ2) is 4.87. The van der Waals surface area contributed by atoms with E-state index in [1.807, 2.05) is 0 Å². The highest BCUT2D eigenvalue weighted by Crippen LogP contribution is 1.91. The van der Waals surface area contributed by atoms with Crippen molar-refractivity contribution in [3.05, 3.63) is 0 Å². The lowest BCUT2D eigenvalue weighted by Crippen LogP contribution is -2.40. The lowest BCUT2D eigenvalue weighted by molar-refractivity contribution is 0.264. The minimum atomic E-state index is 0.796. The molecule has 1 saturated heterocycles. The second-order valence-corrected chi connectivity index (χ2v) is 3.11. The Balaban J connectivity index is 2.36. The van der Waals surface area contributed by atoms with Crippen LogP contribution >= 0.6 is 0 Å². The lowest BCUT2D eigenvalue weighted by atomic mass is 10.2. The molecule has 0 saturated carbocycles. The van der Waals surface area contributed by atoms with E-state index in [1.54, 1.807) is 14.6 Å². The highest BCUT2D eigenvalue weighted by atomic mass is 15.4. The summed E-state index contributed by atoms with van der Waals surface area (Å²) in [7, 11) is 11.3. The predicted octanol–water partition coefficient (Wildman–Crippen LogP) is -2.05. The van der Waals surface area contributed by atoms with E-state index >= 15 is 0 Å². The molecule has 1 aliphatic rings. The standard InChI is InChI=1S/C6H14B2N4/c7-10-1-2-11(8)4-6-12(9)5-3-10/h1-6,9H2. The van der Waals surface area contributed by atoms with Gasteiger partial charge in [-0.15, -0.1) is 0 Å². The lowest BCUT2D eigenvalue weighted by Gasteiger charge is -2.19. The third kappa shape index (κ3) is 3.58. The fourth-order valence-corrected chi connectivity index (χ4v) is 1.11. The van der Waals surface area contributed by atoms with Crippen molar-refractivity contribution in [2.75, 3.05) is 39.3 Å². The zero-order valence-electron chi connectivity index (χ0n) is 7.32. The zero-order valence-corrected chi connectivity index (χ0v) is 7.32. The molecule has 0 bridgehead atoms. The third-order valence-electron chi connectivity index (χ3n) is 2.02. The SMILES string of the molecule is [B]N1CCN([B])CCN(N)CC1. The topological polar surface area (TPSA) is 35.7 Å². The Morgan fingerprint density at radius 2 is 1.08 bits per heavy atom. The number of rotatable bonds is 0. The molecule has 1 aliphatic heterocycles. The van der Waals surface area contributed by atoms with Gasteiger partial charge >= 0.3 is 0 Å². The maximum absolute atomic E-state index is 5.67. The monoisotopic (exact) mass is 164 g/mol. The van der Waals surface area contributed by atoms with Gasteiger partial charge in [0.15, 0.2) is 16.0 Å². The van der Waals surface area contributed by atoms with E-state index in [1.165, 1.54) is 0 Å². The summed E-state index contributed by atoms with van der Waals surface area (Å²) in [4.78, 5) is 3.48. The summed E-state index contributed by atoms with van der Waals surface area (Å²) >= 11 is 0. The van der Waals surface area contributed by atoms with Crippen molar-refractivity contribution in [3.8, 4) is 0 Å². The molecule has 1 fully saturated rings. The van der Waals surface area contributed by atoms with Crippen LogP contribution in [0, 0.1) is 0 Å². The van der Waals surface area contributed by atoms with Crippen LogP contribution in [0.25, 0.3) is 0 Å². The van der Waals surface area contributed by atoms with Gasteiger partial charge < -0.3 is 9.62 Å². The molecule has 0 atom stereocenters. The minimum Gasteiger partial charge on any atom is -0.351 e. The molecule has 4 nitrogen and oxygen atoms in total. The molecule has 64 valence electrons. The van der Waals surface area contributed by atoms with Gasteiger partial charge in [-0.05, 0) is 13.1 Å². The van der Waals surface area contributed by atoms with E-state index in [2.05, 4.69) is 0 Å². The Hall–Kier alpha value is -0.0301. The number of hydrogen-bond donors (Lipinski definition) is 1. The highest BCUT2D eigenvalue weighted by Gasteiger charge is 2.08. The van der Waals surface area contributed by atoms with Crippen LogP contribution in [-0.4, -0.2) is 69.9 Å². The molecular formula is C6H14B2N4. The first-order valence-electron chi connectivity index (χ1n) is 4.17. The molecule has 0 aliphatic carbocycles. The second-order valence-electron chi connectivity index (χ2n) is 3.11. The summed E-state index contributed by atoms with van der Waals surface area (Å²) in [6.45, 7) is 4.78. The van der Waals surface area contributed by atoms with Crippen LogP contribution in [0.2, 0.25) is 0 Å². The number of hydrogen-bond acceptors (Lipinski definition) is 4. The molecule has 0 aromatic heterocycles. The normalized spacial score (nSPS) is 26.1. The van der Waals surface area contributed by atoms with Crippen LogP contribution in [0.3, 0.4) is 0 Å². The smallest absolute Gasteiger partial charge is 0.182 e. The maximum Gasteiger partial charge on any atom is 0.182 e. The molecule has 0 amide bonds. The van der Waals surface area contributed by atoms with Gasteiger partial charge in [-0.3, -0.25) is 5.84 Å². The van der Waals surface area contributed by atoms with Crippen molar-refractivity contribution in [3.63, 3.8) is 0 Å². The minimum absolute atomic E-state index is 0.796. The van der Waals surface area contributed by atoms with Gasteiger partial charge in [0.05, 0.1) is 0 Å². The fraction of sp³-hybridized carbons (Fsp3) is 1.00. The molecule has 1 heterocycles. The maximum atomic E-state index is 5.67. The molecule has 6 heteroatoms. The Morgan fingerprint density at radius 1 is 0.750 bits per heavy atom. The van der Waals surface area contributed by atoms with E-state index in [4.69, 9.17) is 21.8 Å². The summed E-state index contributed by atoms with van der Waals surface area (Å²) in [5.74, 6) is 5.67. The number of nitrogens with zero attached hydrogens (tertiary/aromatic N) is 3. The summed E-state index contributed by atoms with van der Waals surface area (Å²) in [5.41, 5.74) is 0. The van der Waals surface area contributed by atoms with Crippen LogP contribution in [0.4, 0.5) is 0 Å². The van der Waals surface area contributed by atoms with Gasteiger partial charge in [0.2, 0.25) is 0 Å².